The molecule has 4 atom stereocenters. The summed E-state index contributed by atoms with van der Waals surface area (Å²) in [5.41, 5.74) is 2.20. The second kappa shape index (κ2) is 14.6. The van der Waals surface area contributed by atoms with E-state index in [1.54, 1.807) is 36.2 Å². The SMILES string of the molecule is CC(C)C[C@H]1COc2ccccc2C(=O)N[C@H](C(=O)NCc2ccc3c(c2)CC(C)O3)CC(=O)N[C@H](CC(C)C)C(=O)N1C. The number of nitrogens with zero attached hydrogens (tertiary/aromatic N) is 1. The van der Waals surface area contributed by atoms with Crippen LogP contribution in [-0.4, -0.2) is 66.4 Å². The van der Waals surface area contributed by atoms with Crippen LogP contribution < -0.4 is 25.4 Å². The van der Waals surface area contributed by atoms with Crippen LogP contribution in [0.25, 0.3) is 0 Å². The van der Waals surface area contributed by atoms with E-state index in [1.165, 1.54) is 0 Å². The predicted octanol–water partition coefficient (Wildman–Crippen LogP) is 3.61. The summed E-state index contributed by atoms with van der Waals surface area (Å²) >= 11 is 0. The van der Waals surface area contributed by atoms with Crippen molar-refractivity contribution in [1.82, 2.24) is 20.9 Å². The Hall–Kier alpha value is -4.08. The van der Waals surface area contributed by atoms with Crippen LogP contribution in [0.1, 0.15) is 75.4 Å². The van der Waals surface area contributed by atoms with Gasteiger partial charge in [-0.15, -0.1) is 0 Å². The molecule has 10 heteroatoms. The Bertz CT molecular complexity index is 1360. The highest BCUT2D eigenvalue weighted by Gasteiger charge is 2.33. The third kappa shape index (κ3) is 8.51. The fraction of sp³-hybridized carbons (Fsp3) is 0.529. The second-order valence-electron chi connectivity index (χ2n) is 12.8. The number of benzene rings is 2. The molecular weight excluding hydrogens is 560 g/mol. The molecule has 44 heavy (non-hydrogen) atoms. The summed E-state index contributed by atoms with van der Waals surface area (Å²) < 4.78 is 11.9. The van der Waals surface area contributed by atoms with Gasteiger partial charge in [-0.2, -0.15) is 0 Å². The van der Waals surface area contributed by atoms with Crippen molar-refractivity contribution in [2.45, 2.75) is 91.1 Å². The van der Waals surface area contributed by atoms with E-state index >= 15 is 0 Å². The molecule has 2 aromatic rings. The Kier molecular flexibility index (Phi) is 10.9. The molecule has 0 saturated heterocycles. The molecule has 2 aliphatic heterocycles. The van der Waals surface area contributed by atoms with Crippen molar-refractivity contribution >= 4 is 23.6 Å². The van der Waals surface area contributed by atoms with Crippen LogP contribution in [0.5, 0.6) is 11.5 Å². The Morgan fingerprint density at radius 1 is 0.977 bits per heavy atom. The van der Waals surface area contributed by atoms with Crippen LogP contribution in [0, 0.1) is 11.8 Å². The van der Waals surface area contributed by atoms with Crippen molar-refractivity contribution in [2.24, 2.45) is 11.8 Å². The Morgan fingerprint density at radius 3 is 2.43 bits per heavy atom. The molecule has 0 aromatic heterocycles. The first-order valence-corrected chi connectivity index (χ1v) is 15.6. The number of amides is 4. The fourth-order valence-electron chi connectivity index (χ4n) is 5.75. The summed E-state index contributed by atoms with van der Waals surface area (Å²) in [7, 11) is 1.73. The predicted molar refractivity (Wildman–Crippen MR) is 167 cm³/mol. The Balaban J connectivity index is 1.60. The number of rotatable bonds is 7. The normalized spacial score (nSPS) is 22.7. The molecule has 0 fully saturated rings. The average molecular weight is 607 g/mol. The van der Waals surface area contributed by atoms with Gasteiger partial charge in [0.25, 0.3) is 5.91 Å². The maximum absolute atomic E-state index is 13.8. The van der Waals surface area contributed by atoms with Gasteiger partial charge in [-0.05, 0) is 60.9 Å². The number of nitrogens with one attached hydrogen (secondary N) is 3. The van der Waals surface area contributed by atoms with E-state index in [1.807, 2.05) is 39.0 Å². The van der Waals surface area contributed by atoms with E-state index in [2.05, 4.69) is 29.8 Å². The van der Waals surface area contributed by atoms with E-state index in [9.17, 15) is 19.2 Å². The second-order valence-corrected chi connectivity index (χ2v) is 12.8. The zero-order chi connectivity index (χ0) is 32.0. The molecule has 4 rings (SSSR count). The Morgan fingerprint density at radius 2 is 1.70 bits per heavy atom. The number of fused-ring (bicyclic) bond motifs is 2. The molecule has 0 aliphatic carbocycles. The third-order valence-corrected chi connectivity index (χ3v) is 7.98. The smallest absolute Gasteiger partial charge is 0.255 e. The molecule has 238 valence electrons. The van der Waals surface area contributed by atoms with E-state index < -0.39 is 29.8 Å². The van der Waals surface area contributed by atoms with Crippen molar-refractivity contribution < 1.29 is 28.7 Å². The molecule has 10 nitrogen and oxygen atoms in total. The van der Waals surface area contributed by atoms with Gasteiger partial charge >= 0.3 is 0 Å². The number of hydrogen-bond acceptors (Lipinski definition) is 6. The van der Waals surface area contributed by atoms with Crippen LogP contribution in [0.3, 0.4) is 0 Å². The van der Waals surface area contributed by atoms with Crippen molar-refractivity contribution in [3.8, 4) is 11.5 Å². The van der Waals surface area contributed by atoms with Crippen molar-refractivity contribution in [2.75, 3.05) is 13.7 Å². The molecule has 0 radical (unpaired) electrons. The van der Waals surface area contributed by atoms with E-state index in [4.69, 9.17) is 9.47 Å². The maximum atomic E-state index is 13.8. The first kappa shape index (κ1) is 32.8. The standard InChI is InChI=1S/C34H46N4O6/c1-20(2)13-25-19-43-30-10-8-7-9-26(30)32(40)37-27(17-31(39)36-28(14-21(3)4)34(42)38(25)6)33(41)35-18-23-11-12-29-24(16-23)15-22(5)44-29/h7-12,16,20-22,25,27-28H,13-15,17-19H2,1-6H3,(H,35,41)(H,36,39)(H,37,40)/t22?,25-,27-,28+/m0/s1. The summed E-state index contributed by atoms with van der Waals surface area (Å²) in [5, 5.41) is 8.49. The highest BCUT2D eigenvalue weighted by atomic mass is 16.5. The lowest BCUT2D eigenvalue weighted by atomic mass is 9.99. The lowest BCUT2D eigenvalue weighted by Gasteiger charge is -2.33. The molecule has 0 bridgehead atoms. The first-order chi connectivity index (χ1) is 20.9. The van der Waals surface area contributed by atoms with E-state index in [0.717, 1.165) is 23.3 Å². The van der Waals surface area contributed by atoms with E-state index in [-0.39, 0.29) is 55.0 Å². The van der Waals surface area contributed by atoms with Gasteiger partial charge in [0.15, 0.2) is 0 Å². The maximum Gasteiger partial charge on any atom is 0.255 e. The molecule has 2 heterocycles. The van der Waals surface area contributed by atoms with E-state index in [0.29, 0.717) is 18.6 Å². The molecule has 2 aliphatic rings. The summed E-state index contributed by atoms with van der Waals surface area (Å²) in [6.07, 6.45) is 1.67. The number of carbonyl (C=O) groups excluding carboxylic acids is 4. The van der Waals surface area contributed by atoms with Gasteiger partial charge in [0, 0.05) is 20.0 Å². The minimum atomic E-state index is -1.18. The topological polar surface area (TPSA) is 126 Å². The van der Waals surface area contributed by atoms with Crippen molar-refractivity contribution in [1.29, 1.82) is 0 Å². The van der Waals surface area contributed by atoms with Crippen LogP contribution in [0.2, 0.25) is 0 Å². The molecule has 2 aromatic carbocycles. The molecule has 3 N–H and O–H groups in total. The summed E-state index contributed by atoms with van der Waals surface area (Å²) in [4.78, 5) is 55.8. The number of ether oxygens (including phenoxy) is 2. The van der Waals surface area contributed by atoms with Gasteiger partial charge in [-0.25, -0.2) is 0 Å². The highest BCUT2D eigenvalue weighted by molar-refractivity contribution is 6.01. The lowest BCUT2D eigenvalue weighted by Crippen LogP contribution is -2.54. The van der Waals surface area contributed by atoms with Gasteiger partial charge in [-0.1, -0.05) is 52.0 Å². The summed E-state index contributed by atoms with van der Waals surface area (Å²) in [5.74, 6) is -0.160. The van der Waals surface area contributed by atoms with Gasteiger partial charge < -0.3 is 30.3 Å². The van der Waals surface area contributed by atoms with Crippen LogP contribution in [0.4, 0.5) is 0 Å². The largest absolute Gasteiger partial charge is 0.491 e. The summed E-state index contributed by atoms with van der Waals surface area (Å²) in [6, 6.07) is 10.3. The third-order valence-electron chi connectivity index (χ3n) is 7.98. The first-order valence-electron chi connectivity index (χ1n) is 15.6. The van der Waals surface area contributed by atoms with Gasteiger partial charge in [0.2, 0.25) is 17.7 Å². The van der Waals surface area contributed by atoms with Crippen LogP contribution in [0.15, 0.2) is 42.5 Å². The van der Waals surface area contributed by atoms with Crippen LogP contribution >= 0.6 is 0 Å². The quantitative estimate of drug-likeness (QED) is 0.442. The number of carbonyl (C=O) groups is 4. The zero-order valence-electron chi connectivity index (χ0n) is 26.6. The Labute approximate surface area is 260 Å². The number of likely N-dealkylation sites (N-methyl/N-ethyl adjacent to an activating group) is 1. The van der Waals surface area contributed by atoms with Crippen LogP contribution in [-0.2, 0) is 27.3 Å². The lowest BCUT2D eigenvalue weighted by molar-refractivity contribution is -0.138. The molecule has 1 unspecified atom stereocenters. The van der Waals surface area contributed by atoms with Gasteiger partial charge in [0.1, 0.15) is 36.3 Å². The van der Waals surface area contributed by atoms with Gasteiger partial charge in [0.05, 0.1) is 18.0 Å². The highest BCUT2D eigenvalue weighted by Crippen LogP contribution is 2.29. The minimum absolute atomic E-state index is 0.104. The monoisotopic (exact) mass is 606 g/mol. The number of para-hydroxylation sites is 1. The fourth-order valence-corrected chi connectivity index (χ4v) is 5.75. The zero-order valence-corrected chi connectivity index (χ0v) is 26.6. The average Bonchev–Trinajstić information content (AvgIpc) is 3.35. The number of hydrogen-bond donors (Lipinski definition) is 3. The van der Waals surface area contributed by atoms with Gasteiger partial charge in [-0.3, -0.25) is 19.2 Å². The van der Waals surface area contributed by atoms with Crippen molar-refractivity contribution in [3.05, 3.63) is 59.2 Å². The molecule has 0 saturated carbocycles. The molecular formula is C34H46N4O6. The molecule has 0 spiro atoms. The summed E-state index contributed by atoms with van der Waals surface area (Å²) in [6.45, 7) is 10.5. The molecule has 4 amide bonds. The van der Waals surface area contributed by atoms with Crippen molar-refractivity contribution in [3.63, 3.8) is 0 Å². The minimum Gasteiger partial charge on any atom is -0.491 e.